The summed E-state index contributed by atoms with van der Waals surface area (Å²) in [6.45, 7) is 6.86. The largest absolute Gasteiger partial charge is 0.327 e. The number of nitrogens with zero attached hydrogens (tertiary/aromatic N) is 1. The average Bonchev–Trinajstić information content (AvgIpc) is 2.62. The van der Waals surface area contributed by atoms with Gasteiger partial charge in [0.05, 0.1) is 0 Å². The maximum absolute atomic E-state index is 12.6. The molecule has 0 saturated carbocycles. The molecule has 6 heteroatoms. The third-order valence-corrected chi connectivity index (χ3v) is 7.14. The third-order valence-electron chi connectivity index (χ3n) is 3.50. The highest BCUT2D eigenvalue weighted by molar-refractivity contribution is 7.91. The fraction of sp³-hybridized carbons (Fsp3) is 0.667. The summed E-state index contributed by atoms with van der Waals surface area (Å²) < 4.78 is 27.2. The van der Waals surface area contributed by atoms with Gasteiger partial charge in [-0.05, 0) is 37.8 Å². The minimum absolute atomic E-state index is 0.114. The van der Waals surface area contributed by atoms with Crippen molar-refractivity contribution in [3.63, 3.8) is 0 Å². The van der Waals surface area contributed by atoms with Crippen molar-refractivity contribution in [2.45, 2.75) is 37.4 Å². The zero-order valence-corrected chi connectivity index (χ0v) is 12.6. The van der Waals surface area contributed by atoms with Gasteiger partial charge in [0.25, 0.3) is 10.0 Å². The van der Waals surface area contributed by atoms with Crippen LogP contribution in [-0.4, -0.2) is 31.9 Å². The molecule has 1 aliphatic rings. The van der Waals surface area contributed by atoms with Crippen molar-refractivity contribution in [3.8, 4) is 0 Å². The van der Waals surface area contributed by atoms with Crippen molar-refractivity contribution in [1.82, 2.24) is 4.31 Å². The second-order valence-electron chi connectivity index (χ2n) is 5.12. The Morgan fingerprint density at radius 1 is 1.44 bits per heavy atom. The van der Waals surface area contributed by atoms with Crippen molar-refractivity contribution in [2.75, 3.05) is 13.1 Å². The number of thiophene rings is 1. The molecule has 0 radical (unpaired) electrons. The smallest absolute Gasteiger partial charge is 0.252 e. The number of sulfonamides is 1. The number of hydrogen-bond donors (Lipinski definition) is 1. The van der Waals surface area contributed by atoms with Crippen molar-refractivity contribution in [1.29, 1.82) is 0 Å². The summed E-state index contributed by atoms with van der Waals surface area (Å²) in [6.07, 6.45) is 0.740. The van der Waals surface area contributed by atoms with E-state index in [1.165, 1.54) is 11.3 Å². The van der Waals surface area contributed by atoms with E-state index in [0.29, 0.717) is 17.3 Å². The molecule has 0 aliphatic carbocycles. The first kappa shape index (κ1) is 14.0. The molecule has 1 aliphatic heterocycles. The summed E-state index contributed by atoms with van der Waals surface area (Å²) in [5.74, 6) is 0.217. The molecule has 2 heterocycles. The Hall–Kier alpha value is -0.430. The molecular weight excluding hydrogens is 268 g/mol. The summed E-state index contributed by atoms with van der Waals surface area (Å²) in [5.41, 5.74) is 6.78. The molecule has 18 heavy (non-hydrogen) atoms. The van der Waals surface area contributed by atoms with Crippen LogP contribution in [-0.2, 0) is 10.0 Å². The van der Waals surface area contributed by atoms with E-state index < -0.39 is 10.0 Å². The highest BCUT2D eigenvalue weighted by Crippen LogP contribution is 2.30. The molecular formula is C12H20N2O2S2. The number of nitrogens with two attached hydrogens (primary N) is 1. The normalized spacial score (nSPS) is 26.4. The lowest BCUT2D eigenvalue weighted by molar-refractivity contribution is 0.250. The Bertz CT molecular complexity index is 536. The standard InChI is InChI=1S/C12H20N2O2S2/c1-8-6-10(3)17-12(8)18(15,16)14-5-4-11(13)9(2)7-14/h6,9,11H,4-5,7,13H2,1-3H3. The van der Waals surface area contributed by atoms with E-state index in [1.807, 2.05) is 26.8 Å². The van der Waals surface area contributed by atoms with Crippen LogP contribution in [0.3, 0.4) is 0 Å². The summed E-state index contributed by atoms with van der Waals surface area (Å²) in [5, 5.41) is 0. The molecule has 1 aromatic heterocycles. The van der Waals surface area contributed by atoms with Gasteiger partial charge in [-0.1, -0.05) is 6.92 Å². The van der Waals surface area contributed by atoms with Gasteiger partial charge < -0.3 is 5.73 Å². The maximum atomic E-state index is 12.6. The van der Waals surface area contributed by atoms with E-state index in [4.69, 9.17) is 5.73 Å². The van der Waals surface area contributed by atoms with Gasteiger partial charge >= 0.3 is 0 Å². The van der Waals surface area contributed by atoms with Crippen LogP contribution in [0.2, 0.25) is 0 Å². The van der Waals surface area contributed by atoms with Gasteiger partial charge in [-0.2, -0.15) is 4.31 Å². The molecule has 102 valence electrons. The molecule has 2 rings (SSSR count). The van der Waals surface area contributed by atoms with E-state index >= 15 is 0 Å². The SMILES string of the molecule is Cc1cc(C)c(S(=O)(=O)N2CCC(N)C(C)C2)s1. The Kier molecular flexibility index (Phi) is 3.82. The predicted octanol–water partition coefficient (Wildman–Crippen LogP) is 1.72. The van der Waals surface area contributed by atoms with E-state index in [9.17, 15) is 8.42 Å². The Labute approximate surface area is 113 Å². The van der Waals surface area contributed by atoms with Gasteiger partial charge in [0.1, 0.15) is 4.21 Å². The first-order valence-corrected chi connectivity index (χ1v) is 8.41. The lowest BCUT2D eigenvalue weighted by Gasteiger charge is -2.34. The first-order chi connectivity index (χ1) is 8.32. The monoisotopic (exact) mass is 288 g/mol. The van der Waals surface area contributed by atoms with Crippen molar-refractivity contribution >= 4 is 21.4 Å². The Morgan fingerprint density at radius 2 is 2.11 bits per heavy atom. The minimum atomic E-state index is -3.33. The van der Waals surface area contributed by atoms with Gasteiger partial charge in [-0.15, -0.1) is 11.3 Å². The van der Waals surface area contributed by atoms with Gasteiger partial charge in [0, 0.05) is 24.0 Å². The van der Waals surface area contributed by atoms with Crippen LogP contribution in [0.4, 0.5) is 0 Å². The van der Waals surface area contributed by atoms with Gasteiger partial charge in [0.15, 0.2) is 0 Å². The summed E-state index contributed by atoms with van der Waals surface area (Å²) in [4.78, 5) is 1.04. The van der Waals surface area contributed by atoms with Gasteiger partial charge in [0.2, 0.25) is 0 Å². The molecule has 0 aromatic carbocycles. The molecule has 0 spiro atoms. The zero-order valence-electron chi connectivity index (χ0n) is 11.0. The van der Waals surface area contributed by atoms with Crippen molar-refractivity contribution in [3.05, 3.63) is 16.5 Å². The van der Waals surface area contributed by atoms with Crippen LogP contribution in [0.25, 0.3) is 0 Å². The first-order valence-electron chi connectivity index (χ1n) is 6.15. The molecule has 0 amide bonds. The molecule has 2 N–H and O–H groups in total. The van der Waals surface area contributed by atoms with Crippen molar-refractivity contribution < 1.29 is 8.42 Å². The predicted molar refractivity (Wildman–Crippen MR) is 74.3 cm³/mol. The third kappa shape index (κ3) is 2.47. The highest BCUT2D eigenvalue weighted by Gasteiger charge is 2.33. The number of aryl methyl sites for hydroxylation is 2. The van der Waals surface area contributed by atoms with Crippen LogP contribution < -0.4 is 5.73 Å². The quantitative estimate of drug-likeness (QED) is 0.901. The highest BCUT2D eigenvalue weighted by atomic mass is 32.2. The molecule has 1 aromatic rings. The van der Waals surface area contributed by atoms with Crippen LogP contribution in [0, 0.1) is 19.8 Å². The fourth-order valence-electron chi connectivity index (χ4n) is 2.34. The molecule has 1 saturated heterocycles. The fourth-order valence-corrected chi connectivity index (χ4v) is 5.69. The minimum Gasteiger partial charge on any atom is -0.327 e. The van der Waals surface area contributed by atoms with Gasteiger partial charge in [-0.25, -0.2) is 8.42 Å². The van der Waals surface area contributed by atoms with E-state index in [0.717, 1.165) is 16.9 Å². The van der Waals surface area contributed by atoms with Crippen molar-refractivity contribution in [2.24, 2.45) is 11.7 Å². The van der Waals surface area contributed by atoms with E-state index in [-0.39, 0.29) is 12.0 Å². The maximum Gasteiger partial charge on any atom is 0.252 e. The van der Waals surface area contributed by atoms with E-state index in [2.05, 4.69) is 0 Å². The van der Waals surface area contributed by atoms with Gasteiger partial charge in [-0.3, -0.25) is 0 Å². The molecule has 0 bridgehead atoms. The summed E-state index contributed by atoms with van der Waals surface area (Å²) in [7, 11) is -3.33. The molecule has 2 atom stereocenters. The van der Waals surface area contributed by atoms with Crippen LogP contribution in [0.5, 0.6) is 0 Å². The van der Waals surface area contributed by atoms with Crippen LogP contribution in [0.1, 0.15) is 23.8 Å². The topological polar surface area (TPSA) is 63.4 Å². The van der Waals surface area contributed by atoms with Crippen LogP contribution in [0.15, 0.2) is 10.3 Å². The second kappa shape index (κ2) is 4.92. The Morgan fingerprint density at radius 3 is 2.61 bits per heavy atom. The molecule has 1 fully saturated rings. The zero-order chi connectivity index (χ0) is 13.5. The number of rotatable bonds is 2. The summed E-state index contributed by atoms with van der Waals surface area (Å²) >= 11 is 1.36. The average molecular weight is 288 g/mol. The Balaban J connectivity index is 2.29. The molecule has 2 unspecified atom stereocenters. The lowest BCUT2D eigenvalue weighted by atomic mass is 9.96. The lowest BCUT2D eigenvalue weighted by Crippen LogP contribution is -2.47. The molecule has 4 nitrogen and oxygen atoms in total. The number of hydrogen-bond acceptors (Lipinski definition) is 4. The summed E-state index contributed by atoms with van der Waals surface area (Å²) in [6, 6.07) is 2.04. The van der Waals surface area contributed by atoms with E-state index in [1.54, 1.807) is 4.31 Å². The van der Waals surface area contributed by atoms with Crippen LogP contribution >= 0.6 is 11.3 Å². The second-order valence-corrected chi connectivity index (χ2v) is 8.51. The number of piperidine rings is 1.